The van der Waals surface area contributed by atoms with Crippen LogP contribution in [0.4, 0.5) is 0 Å². The Morgan fingerprint density at radius 1 is 0.853 bits per heavy atom. The van der Waals surface area contributed by atoms with E-state index in [9.17, 15) is 24.0 Å². The fourth-order valence-electron chi connectivity index (χ4n) is 10.4. The minimum absolute atomic E-state index is 0.0698. The Hall–Kier alpha value is -6.27. The zero-order valence-electron chi connectivity index (χ0n) is 39.4. The van der Waals surface area contributed by atoms with Crippen molar-refractivity contribution < 1.29 is 42.8 Å². The average molecular weight is 928 g/mol. The number of carbonyl (C=O) groups is 5. The van der Waals surface area contributed by atoms with E-state index in [1.807, 2.05) is 55.5 Å². The molecule has 4 aromatic carbocycles. The van der Waals surface area contributed by atoms with Crippen LogP contribution in [0.25, 0.3) is 22.3 Å². The van der Waals surface area contributed by atoms with Gasteiger partial charge < -0.3 is 56.4 Å². The molecule has 4 aromatic rings. The van der Waals surface area contributed by atoms with E-state index in [0.717, 1.165) is 29.5 Å². The van der Waals surface area contributed by atoms with Crippen LogP contribution in [0.1, 0.15) is 66.7 Å². The fraction of sp³-hybridized carbons (Fsp3) is 0.431. The maximum atomic E-state index is 14.3. The normalized spacial score (nSPS) is 23.7. The van der Waals surface area contributed by atoms with E-state index >= 15 is 0 Å². The highest BCUT2D eigenvalue weighted by atomic mass is 16.7. The Labute approximate surface area is 397 Å². The molecule has 2 aliphatic heterocycles. The molecule has 4 unspecified atom stereocenters. The number of nitrogens with zero attached hydrogens (tertiary/aromatic N) is 1. The quantitative estimate of drug-likeness (QED) is 0.100. The van der Waals surface area contributed by atoms with E-state index in [2.05, 4.69) is 42.0 Å². The van der Waals surface area contributed by atoms with Crippen molar-refractivity contribution in [3.8, 4) is 33.8 Å². The Morgan fingerprint density at radius 3 is 2.16 bits per heavy atom. The van der Waals surface area contributed by atoms with Crippen molar-refractivity contribution >= 4 is 36.7 Å². The highest BCUT2D eigenvalue weighted by Gasteiger charge is 2.67. The van der Waals surface area contributed by atoms with Crippen LogP contribution in [0, 0.1) is 24.2 Å². The number of rotatable bonds is 14. The summed E-state index contributed by atoms with van der Waals surface area (Å²) in [6, 6.07) is 23.2. The second-order valence-electron chi connectivity index (χ2n) is 19.1. The lowest BCUT2D eigenvalue weighted by Crippen LogP contribution is -2.65. The summed E-state index contributed by atoms with van der Waals surface area (Å²) in [5.41, 5.74) is 17.0. The second-order valence-corrected chi connectivity index (χ2v) is 19.1. The third kappa shape index (κ3) is 9.97. The Bertz CT molecular complexity index is 2540. The van der Waals surface area contributed by atoms with Crippen molar-refractivity contribution in [3.63, 3.8) is 0 Å². The van der Waals surface area contributed by atoms with Crippen molar-refractivity contribution in [2.45, 2.75) is 70.7 Å². The predicted octanol–water partition coefficient (Wildman–Crippen LogP) is 3.47. The molecule has 5 aliphatic rings. The molecule has 1 saturated heterocycles. The van der Waals surface area contributed by atoms with E-state index in [4.69, 9.17) is 30.2 Å². The van der Waals surface area contributed by atoms with Crippen LogP contribution in [0.15, 0.2) is 84.9 Å². The molecular formula is C51H62BN7O9. The molecule has 5 amide bonds. The monoisotopic (exact) mass is 927 g/mol. The number of ether oxygens (including phenoxy) is 2. The molecule has 3 saturated carbocycles. The average Bonchev–Trinajstić information content (AvgIpc) is 3.69. The van der Waals surface area contributed by atoms with E-state index in [0.29, 0.717) is 51.2 Å². The first-order valence-electron chi connectivity index (χ1n) is 23.4. The lowest BCUT2D eigenvalue weighted by atomic mass is 9.43. The lowest BCUT2D eigenvalue weighted by molar-refractivity contribution is -0.199. The van der Waals surface area contributed by atoms with Gasteiger partial charge in [0.2, 0.25) is 23.6 Å². The van der Waals surface area contributed by atoms with Gasteiger partial charge in [-0.25, -0.2) is 0 Å². The van der Waals surface area contributed by atoms with Crippen molar-refractivity contribution in [1.82, 2.24) is 26.2 Å². The zero-order valence-corrected chi connectivity index (χ0v) is 39.4. The van der Waals surface area contributed by atoms with Gasteiger partial charge in [0.15, 0.2) is 0 Å². The number of likely N-dealkylation sites (N-methyl/N-ethyl adjacent to an activating group) is 1. The van der Waals surface area contributed by atoms with Gasteiger partial charge in [-0.1, -0.05) is 67.9 Å². The standard InChI is InChI=1S/C51H62BN7O9/c1-30-6-9-32(10-7-30)33-11-13-34(14-12-33)47(62)56-28-45(61)59(5)46-35-15-17-41(66-21-19-54)38(24-35)37-22-31(8-16-40(37)65-20-18-53)23-39(58-44(60)27-55-49(46)64)48(63)57-29-52-67-43-26-36-25-42(50(36,2)3)51(43,4)68-52/h6-17,22,24,36,39,42-43,46H,18-21,23,25-29,53-54H2,1-5H3,(H,55,64)(H,56,62)(H,57,63)(H,58,60)/t36?,39?,42?,43-,46?,51+/m1/s1. The third-order valence-electron chi connectivity index (χ3n) is 14.3. The molecule has 16 nitrogen and oxygen atoms in total. The van der Waals surface area contributed by atoms with Crippen molar-refractivity contribution in [3.05, 3.63) is 107 Å². The van der Waals surface area contributed by atoms with Crippen LogP contribution in [0.2, 0.25) is 0 Å². The Kier molecular flexibility index (Phi) is 14.3. The largest absolute Gasteiger partial charge is 0.492 e. The van der Waals surface area contributed by atoms with E-state index in [-0.39, 0.29) is 50.7 Å². The fourth-order valence-corrected chi connectivity index (χ4v) is 10.4. The highest BCUT2D eigenvalue weighted by Crippen LogP contribution is 2.65. The molecule has 17 heteroatoms. The van der Waals surface area contributed by atoms with Gasteiger partial charge in [0.1, 0.15) is 36.8 Å². The van der Waals surface area contributed by atoms with Gasteiger partial charge in [-0.3, -0.25) is 24.0 Å². The van der Waals surface area contributed by atoms with Crippen molar-refractivity contribution in [1.29, 1.82) is 0 Å². The molecular weight excluding hydrogens is 865 g/mol. The molecule has 0 radical (unpaired) electrons. The summed E-state index contributed by atoms with van der Waals surface area (Å²) in [6.07, 6.45) is 2.06. The van der Waals surface area contributed by atoms with Crippen LogP contribution in [0.3, 0.4) is 0 Å². The lowest BCUT2D eigenvalue weighted by Gasteiger charge is -2.64. The van der Waals surface area contributed by atoms with Gasteiger partial charge in [0, 0.05) is 43.2 Å². The number of hydrogen-bond donors (Lipinski definition) is 6. The number of carbonyl (C=O) groups excluding carboxylic acids is 5. The Balaban J connectivity index is 1.04. The molecule has 4 fully saturated rings. The highest BCUT2D eigenvalue weighted by molar-refractivity contribution is 6.46. The van der Waals surface area contributed by atoms with Crippen LogP contribution < -0.4 is 42.2 Å². The minimum Gasteiger partial charge on any atom is -0.492 e. The minimum atomic E-state index is -1.30. The SMILES string of the molecule is Cc1ccc(-c2ccc(C(=O)NCC(=O)N(C)C3C(=O)NCC(=O)NC(C(=O)NCB4O[C@@H]5CC6CC(C6(C)C)[C@]5(C)O4)Cc4ccc(OCCN)c(c4)-c4cc3ccc4OCCN)cc2)cc1. The molecule has 8 N–H and O–H groups in total. The molecule has 6 atom stereocenters. The predicted molar refractivity (Wildman–Crippen MR) is 257 cm³/mol. The summed E-state index contributed by atoms with van der Waals surface area (Å²) in [5, 5.41) is 11.2. The number of aryl methyl sites for hydroxylation is 1. The van der Waals surface area contributed by atoms with Gasteiger partial charge in [0.05, 0.1) is 31.2 Å². The number of amides is 5. The molecule has 0 aromatic heterocycles. The van der Waals surface area contributed by atoms with Crippen LogP contribution in [0.5, 0.6) is 11.5 Å². The topological polar surface area (TPSA) is 226 Å². The van der Waals surface area contributed by atoms with Crippen LogP contribution >= 0.6 is 0 Å². The molecule has 6 bridgehead atoms. The number of benzene rings is 4. The smallest absolute Gasteiger partial charge is 0.478 e. The number of nitrogens with two attached hydrogens (primary N) is 2. The molecule has 9 rings (SSSR count). The summed E-state index contributed by atoms with van der Waals surface area (Å²) < 4.78 is 25.2. The summed E-state index contributed by atoms with van der Waals surface area (Å²) in [7, 11) is 0.785. The van der Waals surface area contributed by atoms with E-state index in [1.54, 1.807) is 36.4 Å². The van der Waals surface area contributed by atoms with E-state index in [1.165, 1.54) is 11.9 Å². The van der Waals surface area contributed by atoms with Gasteiger partial charge in [-0.05, 0) is 103 Å². The first kappa shape index (κ1) is 48.2. The van der Waals surface area contributed by atoms with Crippen LogP contribution in [-0.4, -0.2) is 112 Å². The summed E-state index contributed by atoms with van der Waals surface area (Å²) in [6.45, 7) is 8.54. The molecule has 0 spiro atoms. The first-order chi connectivity index (χ1) is 32.6. The molecule has 68 heavy (non-hydrogen) atoms. The first-order valence-corrected chi connectivity index (χ1v) is 23.4. The molecule has 358 valence electrons. The van der Waals surface area contributed by atoms with Crippen LogP contribution in [-0.2, 0) is 34.9 Å². The number of nitrogens with one attached hydrogen (secondary N) is 4. The maximum Gasteiger partial charge on any atom is 0.478 e. The molecule has 2 heterocycles. The third-order valence-corrected chi connectivity index (χ3v) is 14.3. The number of fused-ring (bicyclic) bond motifs is 5. The van der Waals surface area contributed by atoms with Crippen molar-refractivity contribution in [2.75, 3.05) is 52.9 Å². The summed E-state index contributed by atoms with van der Waals surface area (Å²) >= 11 is 0. The van der Waals surface area contributed by atoms with Gasteiger partial charge in [0.25, 0.3) is 5.91 Å². The second kappa shape index (κ2) is 20.1. The Morgan fingerprint density at radius 2 is 1.50 bits per heavy atom. The summed E-state index contributed by atoms with van der Waals surface area (Å²) in [5.74, 6) is -1.08. The van der Waals surface area contributed by atoms with E-state index < -0.39 is 67.4 Å². The number of hydrogen-bond acceptors (Lipinski definition) is 11. The molecule has 3 aliphatic carbocycles. The summed E-state index contributed by atoms with van der Waals surface area (Å²) in [4.78, 5) is 70.7. The van der Waals surface area contributed by atoms with Crippen molar-refractivity contribution in [2.24, 2.45) is 28.7 Å². The van der Waals surface area contributed by atoms with Gasteiger partial charge in [-0.2, -0.15) is 0 Å². The van der Waals surface area contributed by atoms with Gasteiger partial charge >= 0.3 is 7.12 Å². The van der Waals surface area contributed by atoms with Gasteiger partial charge in [-0.15, -0.1) is 0 Å². The zero-order chi connectivity index (χ0) is 48.3. The maximum absolute atomic E-state index is 14.3.